The Kier molecular flexibility index (Phi) is 3.98. The van der Waals surface area contributed by atoms with Gasteiger partial charge < -0.3 is 10.2 Å². The average molecular weight is 298 g/mol. The number of nitrogens with zero attached hydrogens (tertiary/aromatic N) is 2. The quantitative estimate of drug-likeness (QED) is 0.853. The van der Waals surface area contributed by atoms with E-state index in [0.29, 0.717) is 17.1 Å². The first-order chi connectivity index (χ1) is 9.36. The van der Waals surface area contributed by atoms with Crippen molar-refractivity contribution in [2.75, 3.05) is 7.05 Å². The Labute approximate surface area is 117 Å². The molecule has 0 aliphatic heterocycles. The number of nitrogens with one attached hydrogen (secondary N) is 1. The van der Waals surface area contributed by atoms with Crippen molar-refractivity contribution in [3.63, 3.8) is 0 Å². The number of sulfonamides is 1. The van der Waals surface area contributed by atoms with Crippen LogP contribution >= 0.6 is 0 Å². The summed E-state index contributed by atoms with van der Waals surface area (Å²) >= 11 is 0. The highest BCUT2D eigenvalue weighted by Gasteiger charge is 2.28. The van der Waals surface area contributed by atoms with Gasteiger partial charge in [0.1, 0.15) is 16.4 Å². The van der Waals surface area contributed by atoms with Gasteiger partial charge in [0.05, 0.1) is 17.9 Å². The maximum Gasteiger partial charge on any atom is 0.246 e. The van der Waals surface area contributed by atoms with Gasteiger partial charge in [0.15, 0.2) is 0 Å². The second-order valence-corrected chi connectivity index (χ2v) is 6.58. The average Bonchev–Trinajstić information content (AvgIpc) is 2.95. The Morgan fingerprint density at radius 1 is 1.40 bits per heavy atom. The third-order valence-corrected chi connectivity index (χ3v) is 5.00. The molecule has 2 aromatic rings. The molecule has 0 aliphatic rings. The van der Waals surface area contributed by atoms with Crippen molar-refractivity contribution in [3.8, 4) is 0 Å². The fourth-order valence-electron chi connectivity index (χ4n) is 1.98. The van der Waals surface area contributed by atoms with Crippen LogP contribution in [0.4, 0.5) is 0 Å². The summed E-state index contributed by atoms with van der Waals surface area (Å²) in [7, 11) is -2.16. The van der Waals surface area contributed by atoms with E-state index in [0.717, 1.165) is 5.76 Å². The SMILES string of the molecule is Cc1ccc(CN(C)S(=O)(=O)c2c(CN)n[nH]c2C)o1. The number of nitrogens with two attached hydrogens (primary N) is 1. The number of hydrogen-bond acceptors (Lipinski definition) is 5. The molecule has 8 heteroatoms. The van der Waals surface area contributed by atoms with Crippen LogP contribution in [-0.2, 0) is 23.1 Å². The summed E-state index contributed by atoms with van der Waals surface area (Å²) in [5.74, 6) is 1.33. The van der Waals surface area contributed by atoms with E-state index in [1.165, 1.54) is 11.4 Å². The minimum absolute atomic E-state index is 0.0621. The monoisotopic (exact) mass is 298 g/mol. The third-order valence-electron chi connectivity index (χ3n) is 3.00. The van der Waals surface area contributed by atoms with Crippen molar-refractivity contribution in [2.24, 2.45) is 5.73 Å². The predicted octanol–water partition coefficient (Wildman–Crippen LogP) is 0.899. The largest absolute Gasteiger partial charge is 0.465 e. The lowest BCUT2D eigenvalue weighted by atomic mass is 10.4. The molecular formula is C12H18N4O3S. The van der Waals surface area contributed by atoms with E-state index in [4.69, 9.17) is 10.2 Å². The van der Waals surface area contributed by atoms with E-state index in [1.54, 1.807) is 19.1 Å². The van der Waals surface area contributed by atoms with Gasteiger partial charge in [-0.05, 0) is 26.0 Å². The van der Waals surface area contributed by atoms with E-state index >= 15 is 0 Å². The Bertz CT molecular complexity index is 702. The lowest BCUT2D eigenvalue weighted by Gasteiger charge is -2.16. The van der Waals surface area contributed by atoms with Crippen molar-refractivity contribution in [2.45, 2.75) is 31.8 Å². The molecule has 0 atom stereocenters. The normalized spacial score (nSPS) is 12.2. The van der Waals surface area contributed by atoms with Crippen molar-refractivity contribution in [3.05, 3.63) is 35.0 Å². The van der Waals surface area contributed by atoms with Gasteiger partial charge in [0.2, 0.25) is 10.0 Å². The van der Waals surface area contributed by atoms with Gasteiger partial charge >= 0.3 is 0 Å². The summed E-state index contributed by atoms with van der Waals surface area (Å²) in [6.45, 7) is 3.69. The molecule has 2 heterocycles. The van der Waals surface area contributed by atoms with Gasteiger partial charge in [0.25, 0.3) is 0 Å². The fraction of sp³-hybridized carbons (Fsp3) is 0.417. The van der Waals surface area contributed by atoms with Crippen LogP contribution in [0.15, 0.2) is 21.4 Å². The van der Waals surface area contributed by atoms with E-state index in [2.05, 4.69) is 10.2 Å². The summed E-state index contributed by atoms with van der Waals surface area (Å²) in [6.07, 6.45) is 0. The smallest absolute Gasteiger partial charge is 0.246 e. The molecule has 2 rings (SSSR count). The lowest BCUT2D eigenvalue weighted by Crippen LogP contribution is -2.27. The number of rotatable bonds is 5. The topological polar surface area (TPSA) is 105 Å². The lowest BCUT2D eigenvalue weighted by molar-refractivity contribution is 0.397. The molecule has 0 saturated carbocycles. The third kappa shape index (κ3) is 2.62. The van der Waals surface area contributed by atoms with E-state index in [-0.39, 0.29) is 18.0 Å². The molecule has 0 saturated heterocycles. The molecule has 0 aliphatic carbocycles. The molecule has 0 unspecified atom stereocenters. The number of aryl methyl sites for hydroxylation is 2. The Balaban J connectivity index is 2.32. The summed E-state index contributed by atoms with van der Waals surface area (Å²) < 4.78 is 31.8. The van der Waals surface area contributed by atoms with Gasteiger partial charge in [-0.25, -0.2) is 8.42 Å². The fourth-order valence-corrected chi connectivity index (χ4v) is 3.45. The molecule has 0 aromatic carbocycles. The maximum absolute atomic E-state index is 12.6. The van der Waals surface area contributed by atoms with Crippen LogP contribution < -0.4 is 5.73 Å². The summed E-state index contributed by atoms with van der Waals surface area (Å²) in [6, 6.07) is 3.55. The first-order valence-corrected chi connectivity index (χ1v) is 7.56. The predicted molar refractivity (Wildman–Crippen MR) is 73.3 cm³/mol. The number of aromatic amines is 1. The summed E-state index contributed by atoms with van der Waals surface area (Å²) in [4.78, 5) is 0.144. The van der Waals surface area contributed by atoms with Crippen LogP contribution in [0.2, 0.25) is 0 Å². The first-order valence-electron chi connectivity index (χ1n) is 6.11. The molecule has 0 spiro atoms. The molecule has 0 amide bonds. The molecule has 0 fully saturated rings. The Morgan fingerprint density at radius 2 is 2.10 bits per heavy atom. The standard InChI is InChI=1S/C12H18N4O3S/c1-8-4-5-10(19-8)7-16(3)20(17,18)12-9(2)14-15-11(12)6-13/h4-5H,6-7,13H2,1-3H3,(H,14,15). The van der Waals surface area contributed by atoms with Crippen LogP contribution in [0.5, 0.6) is 0 Å². The highest BCUT2D eigenvalue weighted by atomic mass is 32.2. The second-order valence-electron chi connectivity index (χ2n) is 4.60. The molecular weight excluding hydrogens is 280 g/mol. The van der Waals surface area contributed by atoms with Crippen LogP contribution in [0.25, 0.3) is 0 Å². The van der Waals surface area contributed by atoms with Gasteiger partial charge in [-0.2, -0.15) is 9.40 Å². The van der Waals surface area contributed by atoms with Gasteiger partial charge in [-0.3, -0.25) is 5.10 Å². The number of H-pyrrole nitrogens is 1. The second kappa shape index (κ2) is 5.39. The van der Waals surface area contributed by atoms with Gasteiger partial charge in [0, 0.05) is 13.6 Å². The van der Waals surface area contributed by atoms with Crippen molar-refractivity contribution >= 4 is 10.0 Å². The molecule has 0 radical (unpaired) electrons. The molecule has 2 aromatic heterocycles. The summed E-state index contributed by atoms with van der Waals surface area (Å²) in [5, 5.41) is 6.57. The van der Waals surface area contributed by atoms with E-state index in [9.17, 15) is 8.42 Å². The highest BCUT2D eigenvalue weighted by molar-refractivity contribution is 7.89. The maximum atomic E-state index is 12.6. The number of aromatic nitrogens is 2. The number of furan rings is 1. The van der Waals surface area contributed by atoms with Crippen molar-refractivity contribution in [1.29, 1.82) is 0 Å². The molecule has 7 nitrogen and oxygen atoms in total. The van der Waals surface area contributed by atoms with E-state index < -0.39 is 10.0 Å². The van der Waals surface area contributed by atoms with Crippen molar-refractivity contribution < 1.29 is 12.8 Å². The minimum atomic E-state index is -3.66. The molecule has 0 bridgehead atoms. The van der Waals surface area contributed by atoms with Crippen LogP contribution in [0, 0.1) is 13.8 Å². The zero-order chi connectivity index (χ0) is 14.9. The molecule has 20 heavy (non-hydrogen) atoms. The Hall–Kier alpha value is -1.64. The van der Waals surface area contributed by atoms with Crippen LogP contribution in [0.1, 0.15) is 22.9 Å². The molecule has 110 valence electrons. The van der Waals surface area contributed by atoms with Crippen molar-refractivity contribution in [1.82, 2.24) is 14.5 Å². The van der Waals surface area contributed by atoms with Crippen LogP contribution in [-0.4, -0.2) is 30.0 Å². The molecule has 3 N–H and O–H groups in total. The highest BCUT2D eigenvalue weighted by Crippen LogP contribution is 2.22. The minimum Gasteiger partial charge on any atom is -0.465 e. The summed E-state index contributed by atoms with van der Waals surface area (Å²) in [5.41, 5.74) is 6.35. The zero-order valence-corrected chi connectivity index (χ0v) is 12.5. The number of hydrogen-bond donors (Lipinski definition) is 2. The van der Waals surface area contributed by atoms with Gasteiger partial charge in [-0.1, -0.05) is 0 Å². The Morgan fingerprint density at radius 3 is 2.65 bits per heavy atom. The first kappa shape index (κ1) is 14.8. The van der Waals surface area contributed by atoms with Crippen LogP contribution in [0.3, 0.4) is 0 Å². The zero-order valence-electron chi connectivity index (χ0n) is 11.7. The van der Waals surface area contributed by atoms with Gasteiger partial charge in [-0.15, -0.1) is 0 Å². The van der Waals surface area contributed by atoms with E-state index in [1.807, 2.05) is 6.92 Å².